The molecular weight excluding hydrogens is 116 g/mol. The van der Waals surface area contributed by atoms with Gasteiger partial charge >= 0.3 is 0 Å². The lowest BCUT2D eigenvalue weighted by Gasteiger charge is -1.83. The Bertz CT molecular complexity index is 176. The minimum absolute atomic E-state index is 1.17. The molecule has 4 heteroatoms. The van der Waals surface area contributed by atoms with Crippen LogP contribution in [0.15, 0.2) is 0 Å². The van der Waals surface area contributed by atoms with Crippen molar-refractivity contribution < 1.29 is 0 Å². The Balaban J connectivity index is 3.19. The second-order valence-corrected chi connectivity index (χ2v) is 2.93. The molecule has 0 saturated carbocycles. The third-order valence-corrected chi connectivity index (χ3v) is 2.34. The van der Waals surface area contributed by atoms with Crippen molar-refractivity contribution in [1.82, 2.24) is 4.37 Å². The van der Waals surface area contributed by atoms with Crippen molar-refractivity contribution in [2.45, 2.75) is 6.92 Å². The van der Waals surface area contributed by atoms with Crippen molar-refractivity contribution in [3.8, 4) is 0 Å². The molecule has 0 aliphatic carbocycles. The summed E-state index contributed by atoms with van der Waals surface area (Å²) < 4.78 is 4.16. The second-order valence-electron chi connectivity index (χ2n) is 1.95. The van der Waals surface area contributed by atoms with E-state index in [4.69, 9.17) is 0 Å². The number of aryl methyl sites for hydroxylation is 1. The van der Waals surface area contributed by atoms with E-state index in [0.29, 0.717) is 0 Å². The molecular formula is C4H7B2NS. The summed E-state index contributed by atoms with van der Waals surface area (Å²) in [5.74, 6) is 0. The molecule has 1 nitrogen and oxygen atoms in total. The fourth-order valence-electron chi connectivity index (χ4n) is 0.529. The van der Waals surface area contributed by atoms with Crippen LogP contribution in [0.5, 0.6) is 0 Å². The minimum atomic E-state index is 1.17. The highest BCUT2D eigenvalue weighted by molar-refractivity contribution is 7.07. The summed E-state index contributed by atoms with van der Waals surface area (Å²) in [5, 5.41) is 0. The molecule has 0 atom stereocenters. The van der Waals surface area contributed by atoms with Gasteiger partial charge in [-0.3, -0.25) is 0 Å². The molecule has 1 heterocycles. The van der Waals surface area contributed by atoms with Gasteiger partial charge in [0, 0.05) is 10.5 Å². The molecule has 0 fully saturated rings. The van der Waals surface area contributed by atoms with Gasteiger partial charge in [-0.15, -0.1) is 0 Å². The van der Waals surface area contributed by atoms with Gasteiger partial charge in [-0.2, -0.15) is 0 Å². The van der Waals surface area contributed by atoms with E-state index in [1.165, 1.54) is 15.9 Å². The Morgan fingerprint density at radius 2 is 2.12 bits per heavy atom. The fourth-order valence-corrected chi connectivity index (χ4v) is 1.22. The van der Waals surface area contributed by atoms with Gasteiger partial charge in [-0.25, -0.2) is 4.37 Å². The van der Waals surface area contributed by atoms with Crippen LogP contribution in [0.4, 0.5) is 0 Å². The van der Waals surface area contributed by atoms with Crippen LogP contribution in [0, 0.1) is 6.92 Å². The van der Waals surface area contributed by atoms with E-state index in [1.807, 2.05) is 7.85 Å². The topological polar surface area (TPSA) is 12.9 Å². The summed E-state index contributed by atoms with van der Waals surface area (Å²) in [7, 11) is 4.15. The summed E-state index contributed by atoms with van der Waals surface area (Å²) in [5.41, 5.74) is 2.52. The zero-order valence-electron chi connectivity index (χ0n) is 5.36. The van der Waals surface area contributed by atoms with Crippen molar-refractivity contribution in [3.63, 3.8) is 0 Å². The molecule has 0 saturated heterocycles. The van der Waals surface area contributed by atoms with E-state index in [1.54, 1.807) is 11.5 Å². The molecule has 0 radical (unpaired) electrons. The number of aromatic nitrogens is 1. The molecule has 0 bridgehead atoms. The number of hydrogen-bond acceptors (Lipinski definition) is 2. The molecule has 1 rings (SSSR count). The standard InChI is InChI=1S/C4H7B2NS/c1-2-3(5)4(6)7-8-2/h5-6H2,1H3. The van der Waals surface area contributed by atoms with Crippen molar-refractivity contribution in [1.29, 1.82) is 0 Å². The van der Waals surface area contributed by atoms with Gasteiger partial charge in [0.05, 0.1) is 0 Å². The Kier molecular flexibility index (Phi) is 1.43. The monoisotopic (exact) mass is 123 g/mol. The maximum absolute atomic E-state index is 4.16. The van der Waals surface area contributed by atoms with Crippen LogP contribution in [0.2, 0.25) is 0 Å². The number of hydrogen-bond donors (Lipinski definition) is 0. The number of rotatable bonds is 0. The number of nitrogens with zero attached hydrogens (tertiary/aromatic N) is 1. The molecule has 1 aromatic heterocycles. The van der Waals surface area contributed by atoms with E-state index < -0.39 is 0 Å². The lowest BCUT2D eigenvalue weighted by atomic mass is 9.86. The lowest BCUT2D eigenvalue weighted by Crippen LogP contribution is -2.24. The molecule has 1 aromatic rings. The minimum Gasteiger partial charge on any atom is -0.209 e. The van der Waals surface area contributed by atoms with Crippen LogP contribution < -0.4 is 11.1 Å². The van der Waals surface area contributed by atoms with E-state index in [2.05, 4.69) is 19.1 Å². The molecule has 0 N–H and O–H groups in total. The molecule has 0 aliphatic rings. The van der Waals surface area contributed by atoms with Gasteiger partial charge in [0.15, 0.2) is 7.85 Å². The molecule has 0 spiro atoms. The zero-order valence-corrected chi connectivity index (χ0v) is 6.17. The molecule has 40 valence electrons. The average Bonchev–Trinajstić information content (AvgIpc) is 1.98. The van der Waals surface area contributed by atoms with Gasteiger partial charge in [-0.05, 0) is 18.5 Å². The average molecular weight is 123 g/mol. The molecule has 0 unspecified atom stereocenters. The van der Waals surface area contributed by atoms with Crippen molar-refractivity contribution in [2.75, 3.05) is 0 Å². The Hall–Kier alpha value is -0.240. The van der Waals surface area contributed by atoms with Crippen LogP contribution in [-0.4, -0.2) is 20.1 Å². The summed E-state index contributed by atoms with van der Waals surface area (Å²) in [4.78, 5) is 1.34. The van der Waals surface area contributed by atoms with Gasteiger partial charge in [0.25, 0.3) is 0 Å². The van der Waals surface area contributed by atoms with Gasteiger partial charge in [-0.1, -0.05) is 5.46 Å². The third kappa shape index (κ3) is 0.802. The maximum Gasteiger partial charge on any atom is 0.164 e. The Labute approximate surface area is 55.1 Å². The molecule has 0 aromatic carbocycles. The van der Waals surface area contributed by atoms with E-state index in [9.17, 15) is 0 Å². The SMILES string of the molecule is Bc1nsc(C)c1B. The van der Waals surface area contributed by atoms with Crippen LogP contribution in [0.1, 0.15) is 4.88 Å². The summed E-state index contributed by atoms with van der Waals surface area (Å²) in [6, 6.07) is 0. The van der Waals surface area contributed by atoms with Crippen molar-refractivity contribution >= 4 is 38.3 Å². The smallest absolute Gasteiger partial charge is 0.164 e. The van der Waals surface area contributed by atoms with Crippen LogP contribution in [0.3, 0.4) is 0 Å². The summed E-state index contributed by atoms with van der Waals surface area (Å²) in [6.07, 6.45) is 0. The van der Waals surface area contributed by atoms with E-state index in [-0.39, 0.29) is 0 Å². The first kappa shape index (κ1) is 5.89. The van der Waals surface area contributed by atoms with E-state index in [0.717, 1.165) is 0 Å². The van der Waals surface area contributed by atoms with Gasteiger partial charge < -0.3 is 0 Å². The van der Waals surface area contributed by atoms with Crippen LogP contribution >= 0.6 is 11.5 Å². The second kappa shape index (κ2) is 1.94. The third-order valence-electron chi connectivity index (χ3n) is 1.39. The van der Waals surface area contributed by atoms with Crippen LogP contribution in [-0.2, 0) is 0 Å². The quantitative estimate of drug-likeness (QED) is 0.362. The first-order chi connectivity index (χ1) is 3.72. The lowest BCUT2D eigenvalue weighted by molar-refractivity contribution is 1.69. The van der Waals surface area contributed by atoms with Gasteiger partial charge in [0.2, 0.25) is 0 Å². The molecule has 0 amide bonds. The largest absolute Gasteiger partial charge is 0.209 e. The molecule has 0 aliphatic heterocycles. The predicted octanol–water partition coefficient (Wildman–Crippen LogP) is -2.03. The van der Waals surface area contributed by atoms with E-state index >= 15 is 0 Å². The first-order valence-electron chi connectivity index (χ1n) is 2.61. The maximum atomic E-state index is 4.16. The fraction of sp³-hybridized carbons (Fsp3) is 0.250. The summed E-state index contributed by atoms with van der Waals surface area (Å²) >= 11 is 1.58. The molecule has 8 heavy (non-hydrogen) atoms. The highest BCUT2D eigenvalue weighted by Gasteiger charge is 1.97. The normalized spacial score (nSPS) is 9.62. The highest BCUT2D eigenvalue weighted by Crippen LogP contribution is 1.92. The van der Waals surface area contributed by atoms with Gasteiger partial charge in [0.1, 0.15) is 7.85 Å². The van der Waals surface area contributed by atoms with Crippen molar-refractivity contribution in [2.24, 2.45) is 0 Å². The summed E-state index contributed by atoms with van der Waals surface area (Å²) in [6.45, 7) is 2.10. The van der Waals surface area contributed by atoms with Crippen LogP contribution in [0.25, 0.3) is 0 Å². The Morgan fingerprint density at radius 1 is 1.50 bits per heavy atom. The first-order valence-corrected chi connectivity index (χ1v) is 3.38. The predicted molar refractivity (Wildman–Crippen MR) is 43.2 cm³/mol. The Morgan fingerprint density at radius 3 is 2.25 bits per heavy atom. The van der Waals surface area contributed by atoms with Crippen molar-refractivity contribution in [3.05, 3.63) is 4.88 Å². The zero-order chi connectivity index (χ0) is 6.15. The highest BCUT2D eigenvalue weighted by atomic mass is 32.1.